The van der Waals surface area contributed by atoms with Gasteiger partial charge < -0.3 is 0 Å². The van der Waals surface area contributed by atoms with Crippen molar-refractivity contribution in [3.63, 3.8) is 0 Å². The highest BCUT2D eigenvalue weighted by Gasteiger charge is 2.35. The number of nitrogens with zero attached hydrogens (tertiary/aromatic N) is 1. The Kier molecular flexibility index (Phi) is 2.96. The van der Waals surface area contributed by atoms with Gasteiger partial charge in [0.15, 0.2) is 0 Å². The van der Waals surface area contributed by atoms with Crippen molar-refractivity contribution in [2.75, 3.05) is 7.05 Å². The Morgan fingerprint density at radius 1 is 1.40 bits per heavy atom. The predicted octanol–water partition coefficient (Wildman–Crippen LogP) is 3.22. The Morgan fingerprint density at radius 2 is 2.07 bits per heavy atom. The fourth-order valence-electron chi connectivity index (χ4n) is 1.76. The molecule has 1 heterocycles. The Hall–Kier alpha value is -0.640. The summed E-state index contributed by atoms with van der Waals surface area (Å²) >= 11 is 11.4. The molecule has 0 aromatic heterocycles. The smallest absolute Gasteiger partial charge is 0.121 e. The molecule has 0 saturated carbocycles. The topological polar surface area (TPSA) is 12.5 Å². The molecule has 2 atom stereocenters. The van der Waals surface area contributed by atoms with Gasteiger partial charge in [-0.3, -0.25) is 4.84 Å². The maximum absolute atomic E-state index is 6.12. The molecule has 0 unspecified atom stereocenters. The number of thiocarbonyl (C=S) groups is 1. The average molecular weight is 242 g/mol. The third-order valence-corrected chi connectivity index (χ3v) is 3.61. The third-order valence-electron chi connectivity index (χ3n) is 2.64. The zero-order valence-corrected chi connectivity index (χ0v) is 10.2. The highest BCUT2D eigenvalue weighted by molar-refractivity contribution is 7.80. The molecule has 1 aliphatic rings. The zero-order valence-electron chi connectivity index (χ0n) is 8.61. The molecule has 1 saturated heterocycles. The van der Waals surface area contributed by atoms with Crippen LogP contribution in [0.4, 0.5) is 0 Å². The lowest BCUT2D eigenvalue weighted by Crippen LogP contribution is -2.17. The minimum Gasteiger partial charge on any atom is -0.264 e. The predicted molar refractivity (Wildman–Crippen MR) is 64.8 cm³/mol. The van der Waals surface area contributed by atoms with Gasteiger partial charge in [0.2, 0.25) is 0 Å². The largest absolute Gasteiger partial charge is 0.264 e. The molecule has 1 aromatic rings. The summed E-state index contributed by atoms with van der Waals surface area (Å²) in [5, 5.41) is 2.38. The Labute approximate surface area is 99.7 Å². The van der Waals surface area contributed by atoms with Gasteiger partial charge in [-0.1, -0.05) is 48.9 Å². The minimum absolute atomic E-state index is 0.0591. The number of hydrogen-bond donors (Lipinski definition) is 0. The zero-order chi connectivity index (χ0) is 11.0. The summed E-state index contributed by atoms with van der Waals surface area (Å²) in [5.74, 6) is 0.185. The Morgan fingerprint density at radius 3 is 2.60 bits per heavy atom. The van der Waals surface area contributed by atoms with Crippen molar-refractivity contribution in [3.05, 3.63) is 34.9 Å². The molecular weight excluding hydrogens is 230 g/mol. The summed E-state index contributed by atoms with van der Waals surface area (Å²) in [6, 6.07) is 7.71. The van der Waals surface area contributed by atoms with Crippen molar-refractivity contribution in [1.82, 2.24) is 5.06 Å². The lowest BCUT2D eigenvalue weighted by atomic mass is 9.98. The van der Waals surface area contributed by atoms with Gasteiger partial charge in [-0.25, -0.2) is 5.06 Å². The van der Waals surface area contributed by atoms with Gasteiger partial charge in [0.1, 0.15) is 11.1 Å². The van der Waals surface area contributed by atoms with Gasteiger partial charge in [-0.15, -0.1) is 0 Å². The van der Waals surface area contributed by atoms with E-state index in [1.807, 2.05) is 31.3 Å². The summed E-state index contributed by atoms with van der Waals surface area (Å²) < 4.78 is 0. The lowest BCUT2D eigenvalue weighted by Gasteiger charge is -2.14. The molecule has 1 fully saturated rings. The normalized spacial score (nSPS) is 26.1. The van der Waals surface area contributed by atoms with Crippen LogP contribution in [0.1, 0.15) is 18.6 Å². The van der Waals surface area contributed by atoms with E-state index in [-0.39, 0.29) is 12.0 Å². The molecule has 1 aliphatic heterocycles. The van der Waals surface area contributed by atoms with Crippen LogP contribution in [-0.4, -0.2) is 17.1 Å². The molecule has 0 N–H and O–H groups in total. The second-order valence-corrected chi connectivity index (χ2v) is 4.50. The summed E-state index contributed by atoms with van der Waals surface area (Å²) in [6.07, 6.45) is -0.0591. The van der Waals surface area contributed by atoms with Crippen molar-refractivity contribution in [2.24, 2.45) is 5.92 Å². The van der Waals surface area contributed by atoms with Crippen LogP contribution >= 0.6 is 23.8 Å². The molecule has 4 heteroatoms. The molecule has 0 radical (unpaired) electrons. The highest BCUT2D eigenvalue weighted by Crippen LogP contribution is 2.37. The standard InChI is InChI=1S/C11H12ClNOS/c1-7-10(14-13(2)11(7)15)8-5-3-4-6-9(8)12/h3-7,10H,1-2H3/t7-,10-/m1/s1. The molecule has 0 aliphatic carbocycles. The van der Waals surface area contributed by atoms with Crippen LogP contribution < -0.4 is 0 Å². The second-order valence-electron chi connectivity index (χ2n) is 3.67. The monoisotopic (exact) mass is 241 g/mol. The molecule has 2 rings (SSSR count). The van der Waals surface area contributed by atoms with Crippen LogP contribution in [0.3, 0.4) is 0 Å². The number of hydrogen-bond acceptors (Lipinski definition) is 2. The van der Waals surface area contributed by atoms with Gasteiger partial charge in [-0.05, 0) is 6.07 Å². The number of hydroxylamine groups is 2. The van der Waals surface area contributed by atoms with E-state index in [9.17, 15) is 0 Å². The summed E-state index contributed by atoms with van der Waals surface area (Å²) in [7, 11) is 1.83. The Bertz CT molecular complexity index is 396. The van der Waals surface area contributed by atoms with Crippen LogP contribution in [0, 0.1) is 5.92 Å². The Balaban J connectivity index is 2.34. The third kappa shape index (κ3) is 1.87. The van der Waals surface area contributed by atoms with Gasteiger partial charge in [0, 0.05) is 23.6 Å². The second kappa shape index (κ2) is 4.08. The molecular formula is C11H12ClNOS. The molecule has 0 spiro atoms. The van der Waals surface area contributed by atoms with Gasteiger partial charge >= 0.3 is 0 Å². The lowest BCUT2D eigenvalue weighted by molar-refractivity contribution is -0.104. The van der Waals surface area contributed by atoms with Crippen LogP contribution in [0.25, 0.3) is 0 Å². The van der Waals surface area contributed by atoms with Crippen molar-refractivity contribution in [2.45, 2.75) is 13.0 Å². The van der Waals surface area contributed by atoms with E-state index >= 15 is 0 Å². The van der Waals surface area contributed by atoms with Gasteiger partial charge in [-0.2, -0.15) is 0 Å². The first-order chi connectivity index (χ1) is 7.11. The SMILES string of the molecule is C[C@H]1C(=S)N(C)O[C@H]1c1ccccc1Cl. The van der Waals surface area contributed by atoms with Crippen LogP contribution in [0.2, 0.25) is 5.02 Å². The molecule has 2 nitrogen and oxygen atoms in total. The maximum atomic E-state index is 6.12. The molecule has 80 valence electrons. The first-order valence-electron chi connectivity index (χ1n) is 4.80. The van der Waals surface area contributed by atoms with Gasteiger partial charge in [0.05, 0.1) is 0 Å². The summed E-state index contributed by atoms with van der Waals surface area (Å²) in [5.41, 5.74) is 0.998. The fourth-order valence-corrected chi connectivity index (χ4v) is 2.17. The average Bonchev–Trinajstić information content (AvgIpc) is 2.47. The van der Waals surface area contributed by atoms with Gasteiger partial charge in [0.25, 0.3) is 0 Å². The molecule has 1 aromatic carbocycles. The minimum atomic E-state index is -0.0591. The van der Waals surface area contributed by atoms with Crippen molar-refractivity contribution >= 4 is 28.8 Å². The van der Waals surface area contributed by atoms with E-state index < -0.39 is 0 Å². The van der Waals surface area contributed by atoms with Crippen molar-refractivity contribution in [3.8, 4) is 0 Å². The number of rotatable bonds is 1. The highest BCUT2D eigenvalue weighted by atomic mass is 35.5. The van der Waals surface area contributed by atoms with Crippen LogP contribution in [0.5, 0.6) is 0 Å². The van der Waals surface area contributed by atoms with E-state index in [0.717, 1.165) is 15.6 Å². The first kappa shape index (κ1) is 10.9. The van der Waals surface area contributed by atoms with Crippen molar-refractivity contribution in [1.29, 1.82) is 0 Å². The number of halogens is 1. The number of benzene rings is 1. The quantitative estimate of drug-likeness (QED) is 0.701. The van der Waals surface area contributed by atoms with Crippen LogP contribution in [0.15, 0.2) is 24.3 Å². The van der Waals surface area contributed by atoms with Crippen LogP contribution in [-0.2, 0) is 4.84 Å². The van der Waals surface area contributed by atoms with Crippen molar-refractivity contribution < 1.29 is 4.84 Å². The first-order valence-corrected chi connectivity index (χ1v) is 5.58. The van der Waals surface area contributed by atoms with E-state index in [0.29, 0.717) is 0 Å². The van der Waals surface area contributed by atoms with E-state index in [1.165, 1.54) is 0 Å². The summed E-state index contributed by atoms with van der Waals surface area (Å²) in [4.78, 5) is 6.48. The molecule has 15 heavy (non-hydrogen) atoms. The van der Waals surface area contributed by atoms with E-state index in [4.69, 9.17) is 28.7 Å². The summed E-state index contributed by atoms with van der Waals surface area (Å²) in [6.45, 7) is 2.06. The maximum Gasteiger partial charge on any atom is 0.121 e. The van der Waals surface area contributed by atoms with E-state index in [1.54, 1.807) is 5.06 Å². The fraction of sp³-hybridized carbons (Fsp3) is 0.364. The van der Waals surface area contributed by atoms with E-state index in [2.05, 4.69) is 6.92 Å². The molecule has 0 amide bonds. The molecule has 0 bridgehead atoms.